The summed E-state index contributed by atoms with van der Waals surface area (Å²) in [6, 6.07) is 73.7. The zero-order chi connectivity index (χ0) is 41.7. The Labute approximate surface area is 363 Å². The number of nitrogens with zero attached hydrogens (tertiary/aromatic N) is 1. The van der Waals surface area contributed by atoms with E-state index in [1.165, 1.54) is 72.4 Å². The predicted molar refractivity (Wildman–Crippen MR) is 260 cm³/mol. The second kappa shape index (κ2) is 13.5. The van der Waals surface area contributed by atoms with Gasteiger partial charge in [0.15, 0.2) is 0 Å². The fourth-order valence-corrected chi connectivity index (χ4v) is 11.0. The fourth-order valence-electron chi connectivity index (χ4n) is 11.0. The van der Waals surface area contributed by atoms with Crippen molar-refractivity contribution in [3.05, 3.63) is 222 Å². The Morgan fingerprint density at radius 1 is 0.355 bits per heavy atom. The van der Waals surface area contributed by atoms with Crippen LogP contribution in [0, 0.1) is 0 Å². The normalized spacial score (nSPS) is 14.1. The first-order valence-electron chi connectivity index (χ1n) is 21.8. The quantitative estimate of drug-likeness (QED) is 0.167. The average Bonchev–Trinajstić information content (AvgIpc) is 3.89. The van der Waals surface area contributed by atoms with Crippen molar-refractivity contribution in [2.45, 2.75) is 38.5 Å². The summed E-state index contributed by atoms with van der Waals surface area (Å²) >= 11 is 0. The van der Waals surface area contributed by atoms with E-state index in [1.54, 1.807) is 0 Å². The van der Waals surface area contributed by atoms with Crippen LogP contribution >= 0.6 is 0 Å². The molecule has 2 aliphatic rings. The lowest BCUT2D eigenvalue weighted by atomic mass is 9.81. The topological polar surface area (TPSA) is 16.4 Å². The standard InChI is InChI=1S/C60H45NO/c1-59(2)50-28-11-8-23-45(50)49-37-39(34-35-52(49)59)41-20-5-6-21-43(41)46-24-9-13-30-53(46)61(54-31-16-27-47-44-22-7-12-29-51(44)60(3,4)58(47)54)40-19-15-18-38(36-40)42-26-17-33-56-57(42)48-25-10-14-32-55(48)62-56/h5-37H,1-4H3. The molecule has 0 amide bonds. The molecule has 0 saturated heterocycles. The van der Waals surface area contributed by atoms with Crippen LogP contribution in [-0.2, 0) is 10.8 Å². The molecule has 1 aromatic heterocycles. The van der Waals surface area contributed by atoms with Gasteiger partial charge >= 0.3 is 0 Å². The summed E-state index contributed by atoms with van der Waals surface area (Å²) < 4.78 is 6.39. The monoisotopic (exact) mass is 795 g/mol. The summed E-state index contributed by atoms with van der Waals surface area (Å²) in [7, 11) is 0. The highest BCUT2D eigenvalue weighted by Crippen LogP contribution is 2.56. The molecule has 296 valence electrons. The molecule has 0 N–H and O–H groups in total. The molecular formula is C60H45NO. The minimum Gasteiger partial charge on any atom is -0.456 e. The van der Waals surface area contributed by atoms with Crippen LogP contribution in [0.15, 0.2) is 205 Å². The molecule has 0 saturated carbocycles. The molecule has 2 heteroatoms. The Hall–Kier alpha value is -7.42. The Kier molecular flexibility index (Phi) is 7.96. The zero-order valence-corrected chi connectivity index (χ0v) is 35.4. The Balaban J connectivity index is 1.09. The Morgan fingerprint density at radius 2 is 0.903 bits per heavy atom. The van der Waals surface area contributed by atoms with Gasteiger partial charge in [0.25, 0.3) is 0 Å². The first-order valence-corrected chi connectivity index (χ1v) is 21.8. The van der Waals surface area contributed by atoms with Crippen molar-refractivity contribution in [3.8, 4) is 55.6 Å². The summed E-state index contributed by atoms with van der Waals surface area (Å²) in [6.07, 6.45) is 0. The lowest BCUT2D eigenvalue weighted by Crippen LogP contribution is -2.21. The molecule has 0 aliphatic heterocycles. The number of fused-ring (bicyclic) bond motifs is 9. The molecule has 0 spiro atoms. The summed E-state index contributed by atoms with van der Waals surface area (Å²) in [6.45, 7) is 9.47. The van der Waals surface area contributed by atoms with E-state index < -0.39 is 0 Å². The second-order valence-corrected chi connectivity index (χ2v) is 18.0. The van der Waals surface area contributed by atoms with E-state index in [0.717, 1.165) is 44.4 Å². The number of hydrogen-bond acceptors (Lipinski definition) is 2. The van der Waals surface area contributed by atoms with E-state index in [9.17, 15) is 0 Å². The largest absolute Gasteiger partial charge is 0.456 e. The summed E-state index contributed by atoms with van der Waals surface area (Å²) in [5.41, 5.74) is 22.7. The molecule has 12 rings (SSSR count). The van der Waals surface area contributed by atoms with Crippen molar-refractivity contribution < 1.29 is 4.42 Å². The van der Waals surface area contributed by atoms with E-state index in [-0.39, 0.29) is 10.8 Å². The van der Waals surface area contributed by atoms with Gasteiger partial charge in [-0.25, -0.2) is 0 Å². The van der Waals surface area contributed by atoms with Crippen molar-refractivity contribution >= 4 is 39.0 Å². The third-order valence-corrected chi connectivity index (χ3v) is 13.9. The molecule has 2 aliphatic carbocycles. The molecule has 0 bridgehead atoms. The van der Waals surface area contributed by atoms with Crippen LogP contribution in [-0.4, -0.2) is 0 Å². The molecule has 0 radical (unpaired) electrons. The molecule has 62 heavy (non-hydrogen) atoms. The maximum Gasteiger partial charge on any atom is 0.136 e. The minimum atomic E-state index is -0.235. The number of rotatable bonds is 6. The van der Waals surface area contributed by atoms with Crippen LogP contribution in [0.1, 0.15) is 49.9 Å². The lowest BCUT2D eigenvalue weighted by Gasteiger charge is -2.33. The van der Waals surface area contributed by atoms with E-state index >= 15 is 0 Å². The van der Waals surface area contributed by atoms with Gasteiger partial charge in [-0.1, -0.05) is 185 Å². The van der Waals surface area contributed by atoms with Crippen LogP contribution < -0.4 is 4.90 Å². The number of benzene rings is 9. The highest BCUT2D eigenvalue weighted by molar-refractivity contribution is 6.12. The predicted octanol–water partition coefficient (Wildman–Crippen LogP) is 16.7. The van der Waals surface area contributed by atoms with E-state index in [2.05, 4.69) is 227 Å². The van der Waals surface area contributed by atoms with E-state index in [4.69, 9.17) is 4.42 Å². The van der Waals surface area contributed by atoms with Gasteiger partial charge < -0.3 is 9.32 Å². The maximum atomic E-state index is 6.39. The first-order chi connectivity index (χ1) is 30.3. The van der Waals surface area contributed by atoms with Crippen LogP contribution in [0.3, 0.4) is 0 Å². The molecular weight excluding hydrogens is 751 g/mol. The fraction of sp³-hybridized carbons (Fsp3) is 0.100. The SMILES string of the molecule is CC1(C)c2ccccc2-c2cc(-c3ccccc3-c3ccccc3N(c3cccc(-c4cccc5oc6ccccc6c45)c3)c3cccc4c3C(C)(C)c3ccccc3-4)ccc21. The maximum absolute atomic E-state index is 6.39. The molecule has 1 heterocycles. The van der Waals surface area contributed by atoms with Gasteiger partial charge in [-0.05, 0) is 115 Å². The minimum absolute atomic E-state index is 0.0504. The van der Waals surface area contributed by atoms with Crippen molar-refractivity contribution in [1.29, 1.82) is 0 Å². The average molecular weight is 796 g/mol. The van der Waals surface area contributed by atoms with E-state index in [0.29, 0.717) is 0 Å². The Morgan fingerprint density at radius 3 is 1.73 bits per heavy atom. The van der Waals surface area contributed by atoms with Crippen molar-refractivity contribution in [1.82, 2.24) is 0 Å². The molecule has 9 aromatic carbocycles. The number of hydrogen-bond donors (Lipinski definition) is 0. The summed E-state index contributed by atoms with van der Waals surface area (Å²) in [5, 5.41) is 2.26. The van der Waals surface area contributed by atoms with Gasteiger partial charge in [0.05, 0.1) is 11.4 Å². The molecule has 0 atom stereocenters. The van der Waals surface area contributed by atoms with Crippen molar-refractivity contribution in [2.75, 3.05) is 4.90 Å². The number of para-hydroxylation sites is 2. The van der Waals surface area contributed by atoms with Gasteiger partial charge in [-0.3, -0.25) is 0 Å². The van der Waals surface area contributed by atoms with Crippen molar-refractivity contribution in [2.24, 2.45) is 0 Å². The van der Waals surface area contributed by atoms with Crippen LogP contribution in [0.4, 0.5) is 17.1 Å². The molecule has 10 aromatic rings. The smallest absolute Gasteiger partial charge is 0.136 e. The third kappa shape index (κ3) is 5.29. The van der Waals surface area contributed by atoms with E-state index in [1.807, 2.05) is 6.07 Å². The Bertz CT molecular complexity index is 3430. The highest BCUT2D eigenvalue weighted by atomic mass is 16.3. The van der Waals surface area contributed by atoms with Gasteiger partial charge in [-0.15, -0.1) is 0 Å². The highest BCUT2D eigenvalue weighted by Gasteiger charge is 2.39. The number of furan rings is 1. The third-order valence-electron chi connectivity index (χ3n) is 13.9. The van der Waals surface area contributed by atoms with Gasteiger partial charge in [0.1, 0.15) is 11.2 Å². The van der Waals surface area contributed by atoms with Crippen LogP contribution in [0.5, 0.6) is 0 Å². The van der Waals surface area contributed by atoms with Gasteiger partial charge in [0.2, 0.25) is 0 Å². The summed E-state index contributed by atoms with van der Waals surface area (Å²) in [4.78, 5) is 2.52. The molecule has 2 nitrogen and oxygen atoms in total. The van der Waals surface area contributed by atoms with Crippen LogP contribution in [0.2, 0.25) is 0 Å². The zero-order valence-electron chi connectivity index (χ0n) is 35.4. The molecule has 0 unspecified atom stereocenters. The lowest BCUT2D eigenvalue weighted by molar-refractivity contribution is 0.660. The van der Waals surface area contributed by atoms with Gasteiger partial charge in [-0.2, -0.15) is 0 Å². The molecule has 0 fully saturated rings. The van der Waals surface area contributed by atoms with Crippen molar-refractivity contribution in [3.63, 3.8) is 0 Å². The summed E-state index contributed by atoms with van der Waals surface area (Å²) in [5.74, 6) is 0. The van der Waals surface area contributed by atoms with Crippen LogP contribution in [0.25, 0.3) is 77.6 Å². The number of anilines is 3. The van der Waals surface area contributed by atoms with Gasteiger partial charge in [0, 0.05) is 32.9 Å². The second-order valence-electron chi connectivity index (χ2n) is 18.0. The first kappa shape index (κ1) is 36.4.